The largest absolute Gasteiger partial charge is 0.503 e. The van der Waals surface area contributed by atoms with Crippen molar-refractivity contribution in [3.05, 3.63) is 120 Å². The van der Waals surface area contributed by atoms with E-state index in [1.165, 1.54) is 18.1 Å². The van der Waals surface area contributed by atoms with Gasteiger partial charge in [-0.3, -0.25) is 29.5 Å². The molecule has 2 N–H and O–H groups in total. The van der Waals surface area contributed by atoms with Gasteiger partial charge in [0.2, 0.25) is 11.8 Å². The van der Waals surface area contributed by atoms with Crippen LogP contribution in [0.4, 0.5) is 11.4 Å². The third-order valence-electron chi connectivity index (χ3n) is 11.3. The van der Waals surface area contributed by atoms with Gasteiger partial charge in [-0.25, -0.2) is 0 Å². The number of rotatable bonds is 7. The number of hydrogen-bond acceptors (Lipinski definition) is 8. The number of allylic oxidation sites excluding steroid dienone is 2. The molecule has 4 aromatic carbocycles. The fourth-order valence-corrected chi connectivity index (χ4v) is 10.2. The van der Waals surface area contributed by atoms with Gasteiger partial charge in [-0.1, -0.05) is 47.0 Å². The number of aromatic hydroxyl groups is 1. The molecule has 276 valence electrons. The third-order valence-corrected chi connectivity index (χ3v) is 13.1. The van der Waals surface area contributed by atoms with Crippen molar-refractivity contribution in [3.8, 4) is 17.2 Å². The van der Waals surface area contributed by atoms with Gasteiger partial charge in [-0.2, -0.15) is 5.01 Å². The molecule has 8 rings (SSSR count). The Kier molecular flexibility index (Phi) is 9.47. The summed E-state index contributed by atoms with van der Waals surface area (Å²) in [5.41, 5.74) is 4.05. The molecule has 1 saturated carbocycles. The number of amides is 4. The normalized spacial score (nSPS) is 26.0. The molecule has 4 amide bonds. The molecule has 2 heterocycles. The van der Waals surface area contributed by atoms with E-state index in [4.69, 9.17) is 32.7 Å². The topological polar surface area (TPSA) is 125 Å². The summed E-state index contributed by atoms with van der Waals surface area (Å²) < 4.78 is 12.3. The van der Waals surface area contributed by atoms with Crippen molar-refractivity contribution >= 4 is 96.7 Å². The number of nitrogens with zero attached hydrogens (tertiary/aromatic N) is 2. The van der Waals surface area contributed by atoms with Gasteiger partial charge in [-0.15, -0.1) is 0 Å². The quantitative estimate of drug-likeness (QED) is 0.108. The van der Waals surface area contributed by atoms with Gasteiger partial charge in [0.1, 0.15) is 5.75 Å². The van der Waals surface area contributed by atoms with Gasteiger partial charge in [0.05, 0.1) is 58.3 Å². The van der Waals surface area contributed by atoms with Crippen LogP contribution in [-0.4, -0.2) is 48.0 Å². The van der Waals surface area contributed by atoms with E-state index in [2.05, 4.69) is 43.9 Å². The van der Waals surface area contributed by atoms with Crippen LogP contribution in [0.1, 0.15) is 29.9 Å². The van der Waals surface area contributed by atoms with Crippen molar-refractivity contribution in [1.29, 1.82) is 0 Å². The van der Waals surface area contributed by atoms with E-state index in [1.54, 1.807) is 67.8 Å². The predicted octanol–water partition coefficient (Wildman–Crippen LogP) is 8.27. The summed E-state index contributed by atoms with van der Waals surface area (Å²) in [5, 5.41) is 12.5. The number of nitrogens with one attached hydrogen (secondary N) is 1. The molecule has 0 aromatic heterocycles. The number of imide groups is 2. The number of fused-ring (bicyclic) bond motifs is 4. The number of carbonyl (C=O) groups is 4. The molecule has 0 radical (unpaired) electrons. The maximum Gasteiger partial charge on any atom is 0.260 e. The molecular formula is C40H31BrCl2IN3O7. The Balaban J connectivity index is 1.35. The van der Waals surface area contributed by atoms with Gasteiger partial charge in [0.25, 0.3) is 11.8 Å². The van der Waals surface area contributed by atoms with Gasteiger partial charge in [0.15, 0.2) is 11.5 Å². The summed E-state index contributed by atoms with van der Waals surface area (Å²) in [6, 6.07) is 22.3. The van der Waals surface area contributed by atoms with E-state index >= 15 is 4.79 Å². The maximum absolute atomic E-state index is 15.5. The number of carbonyl (C=O) groups excluding carboxylic acids is 4. The predicted molar refractivity (Wildman–Crippen MR) is 215 cm³/mol. The molecule has 3 fully saturated rings. The molecule has 0 bridgehead atoms. The Hall–Kier alpha value is -4.11. The molecule has 10 nitrogen and oxygen atoms in total. The number of hydrogen-bond donors (Lipinski definition) is 2. The molecule has 4 aliphatic rings. The number of ether oxygens (including phenoxy) is 2. The highest BCUT2D eigenvalue weighted by Gasteiger charge is 2.70. The molecule has 2 aliphatic heterocycles. The number of benzene rings is 4. The number of phenolic OH excluding ortho intramolecular Hbond substituents is 1. The van der Waals surface area contributed by atoms with E-state index in [1.807, 2.05) is 18.2 Å². The zero-order valence-electron chi connectivity index (χ0n) is 28.7. The standard InChI is InChI=1S/C40H31BrCl2IN3O7/c1-53-24-10-3-20(4-11-24)40-28(37(50)47(39(40)52)45-31-14-5-21(42)17-30(31)43)18-27-25(34(40)19-15-29(41)35(48)32(16-19)54-2)12-13-26-33(27)38(51)46(36(26)49)23-8-6-22(44)7-9-23/h3-12,14-17,26-28,33-34,45,48H,13,18H2,1-2H3/t26-,27+,28-,33-,34-,40+/m0/s1. The van der Waals surface area contributed by atoms with Crippen molar-refractivity contribution in [3.63, 3.8) is 0 Å². The first-order valence-corrected chi connectivity index (χ1v) is 19.7. The smallest absolute Gasteiger partial charge is 0.260 e. The van der Waals surface area contributed by atoms with Crippen LogP contribution in [0, 0.1) is 27.2 Å². The van der Waals surface area contributed by atoms with Gasteiger partial charge in [-0.05, 0) is 135 Å². The van der Waals surface area contributed by atoms with Crippen LogP contribution in [-0.2, 0) is 24.6 Å². The molecule has 0 spiro atoms. The molecule has 6 atom stereocenters. The lowest BCUT2D eigenvalue weighted by Gasteiger charge is -2.50. The lowest BCUT2D eigenvalue weighted by molar-refractivity contribution is -0.138. The lowest BCUT2D eigenvalue weighted by Crippen LogP contribution is -2.53. The van der Waals surface area contributed by atoms with Gasteiger partial charge >= 0.3 is 0 Å². The first-order valence-electron chi connectivity index (χ1n) is 17.0. The molecule has 2 saturated heterocycles. The monoisotopic (exact) mass is 941 g/mol. The number of anilines is 2. The Bertz CT molecular complexity index is 2290. The van der Waals surface area contributed by atoms with Crippen LogP contribution in [0.2, 0.25) is 10.0 Å². The highest BCUT2D eigenvalue weighted by Crippen LogP contribution is 2.65. The first kappa shape index (κ1) is 36.8. The second-order valence-corrected chi connectivity index (χ2v) is 16.7. The zero-order valence-corrected chi connectivity index (χ0v) is 33.9. The van der Waals surface area contributed by atoms with E-state index in [-0.39, 0.29) is 41.2 Å². The van der Waals surface area contributed by atoms with Gasteiger partial charge < -0.3 is 14.6 Å². The van der Waals surface area contributed by atoms with Crippen molar-refractivity contribution < 1.29 is 33.8 Å². The van der Waals surface area contributed by atoms with E-state index in [0.29, 0.717) is 37.7 Å². The summed E-state index contributed by atoms with van der Waals surface area (Å²) in [6.45, 7) is 0. The van der Waals surface area contributed by atoms with Crippen LogP contribution in [0.25, 0.3) is 0 Å². The molecular weight excluding hydrogens is 912 g/mol. The molecule has 4 aromatic rings. The molecule has 54 heavy (non-hydrogen) atoms. The number of phenols is 1. The average molecular weight is 943 g/mol. The second-order valence-electron chi connectivity index (χ2n) is 13.8. The highest BCUT2D eigenvalue weighted by molar-refractivity contribution is 14.1. The number of hydrazine groups is 1. The fraction of sp³-hybridized carbons (Fsp3) is 0.250. The molecule has 14 heteroatoms. The summed E-state index contributed by atoms with van der Waals surface area (Å²) in [7, 11) is 2.97. The van der Waals surface area contributed by atoms with Crippen LogP contribution in [0.5, 0.6) is 17.2 Å². The number of halogens is 4. The Labute approximate surface area is 342 Å². The van der Waals surface area contributed by atoms with Crippen LogP contribution < -0.4 is 19.8 Å². The summed E-state index contributed by atoms with van der Waals surface area (Å²) in [4.78, 5) is 60.4. The minimum Gasteiger partial charge on any atom is -0.503 e. The maximum atomic E-state index is 15.5. The highest BCUT2D eigenvalue weighted by atomic mass is 127. The Morgan fingerprint density at radius 3 is 2.28 bits per heavy atom. The average Bonchev–Trinajstić information content (AvgIpc) is 3.54. The minimum absolute atomic E-state index is 0.0998. The Morgan fingerprint density at radius 2 is 1.61 bits per heavy atom. The second kappa shape index (κ2) is 13.9. The molecule has 2 aliphatic carbocycles. The Morgan fingerprint density at radius 1 is 0.889 bits per heavy atom. The van der Waals surface area contributed by atoms with E-state index < -0.39 is 46.8 Å². The molecule has 0 unspecified atom stereocenters. The lowest BCUT2D eigenvalue weighted by atomic mass is 9.49. The summed E-state index contributed by atoms with van der Waals surface area (Å²) in [6.07, 6.45) is 2.32. The van der Waals surface area contributed by atoms with Crippen molar-refractivity contribution in [2.45, 2.75) is 24.2 Å². The van der Waals surface area contributed by atoms with Crippen molar-refractivity contribution in [2.75, 3.05) is 24.5 Å². The van der Waals surface area contributed by atoms with Crippen molar-refractivity contribution in [1.82, 2.24) is 5.01 Å². The van der Waals surface area contributed by atoms with Crippen molar-refractivity contribution in [2.24, 2.45) is 23.7 Å². The van der Waals surface area contributed by atoms with Crippen LogP contribution in [0.15, 0.2) is 95.0 Å². The van der Waals surface area contributed by atoms with Gasteiger partial charge in [0, 0.05) is 14.5 Å². The van der Waals surface area contributed by atoms with E-state index in [0.717, 1.165) is 14.2 Å². The fourth-order valence-electron chi connectivity index (χ4n) is 8.98. The first-order chi connectivity index (χ1) is 25.9. The van der Waals surface area contributed by atoms with Crippen LogP contribution >= 0.6 is 61.7 Å². The van der Waals surface area contributed by atoms with E-state index in [9.17, 15) is 19.5 Å². The number of methoxy groups -OCH3 is 2. The summed E-state index contributed by atoms with van der Waals surface area (Å²) >= 11 is 18.4. The summed E-state index contributed by atoms with van der Waals surface area (Å²) in [5.74, 6) is -5.06. The third kappa shape index (κ3) is 5.54. The minimum atomic E-state index is -1.58. The SMILES string of the molecule is COc1ccc([C@@]23C(=O)N(Nc4ccc(Cl)cc4Cl)C(=O)[C@@H]2C[C@@H]2C(=CC[C@@H]4C(=O)N(c5ccc(I)cc5)C(=O)[C@@H]42)[C@@H]3c2cc(Br)c(O)c(OC)c2)cc1. The zero-order chi connectivity index (χ0) is 38.2. The van der Waals surface area contributed by atoms with Crippen LogP contribution in [0.3, 0.4) is 0 Å².